The number of benzene rings is 1. The van der Waals surface area contributed by atoms with Crippen molar-refractivity contribution < 1.29 is 17.9 Å². The van der Waals surface area contributed by atoms with Gasteiger partial charge in [-0.3, -0.25) is 4.72 Å². The minimum Gasteiger partial charge on any atom is -0.395 e. The largest absolute Gasteiger partial charge is 0.395 e. The van der Waals surface area contributed by atoms with Crippen LogP contribution in [0, 0.1) is 17.1 Å². The molecule has 0 spiro atoms. The topological polar surface area (TPSA) is 122 Å². The highest BCUT2D eigenvalue weighted by molar-refractivity contribution is 7.90. The van der Waals surface area contributed by atoms with Gasteiger partial charge in [-0.05, 0) is 101 Å². The predicted octanol–water partition coefficient (Wildman–Crippen LogP) is 7.27. The molecule has 9 nitrogen and oxygen atoms in total. The third kappa shape index (κ3) is 8.54. The fourth-order valence-electron chi connectivity index (χ4n) is 5.37. The van der Waals surface area contributed by atoms with Crippen molar-refractivity contribution in [1.29, 1.82) is 5.26 Å². The summed E-state index contributed by atoms with van der Waals surface area (Å²) < 4.78 is 40.4. The van der Waals surface area contributed by atoms with Crippen molar-refractivity contribution in [1.82, 2.24) is 14.6 Å². The maximum atomic E-state index is 13.7. The first kappa shape index (κ1) is 35.5. The number of aliphatic hydroxyl groups excluding tert-OH is 1. The van der Waals surface area contributed by atoms with E-state index in [1.54, 1.807) is 25.3 Å². The Kier molecular flexibility index (Phi) is 11.7. The number of sulfonamides is 1. The molecule has 0 atom stereocenters. The molecule has 0 bridgehead atoms. The Balaban J connectivity index is 1.84. The minimum atomic E-state index is -3.70. The summed E-state index contributed by atoms with van der Waals surface area (Å²) in [7, 11) is -3.70. The number of nitrogens with one attached hydrogen (secondary N) is 1. The molecule has 2 aliphatic rings. The van der Waals surface area contributed by atoms with Crippen LogP contribution in [0.15, 0.2) is 99.3 Å². The number of aromatic nitrogens is 1. The van der Waals surface area contributed by atoms with E-state index in [0.29, 0.717) is 27.8 Å². The normalized spacial score (nSPS) is 15.6. The molecule has 0 saturated carbocycles. The fourth-order valence-corrected chi connectivity index (χ4v) is 7.17. The van der Waals surface area contributed by atoms with Crippen molar-refractivity contribution in [3.63, 3.8) is 0 Å². The van der Waals surface area contributed by atoms with Gasteiger partial charge in [-0.25, -0.2) is 22.8 Å². The van der Waals surface area contributed by atoms with Gasteiger partial charge in [0.15, 0.2) is 5.13 Å². The highest BCUT2D eigenvalue weighted by atomic mass is 32.2. The van der Waals surface area contributed by atoms with Crippen LogP contribution < -0.4 is 9.62 Å². The van der Waals surface area contributed by atoms with Crippen molar-refractivity contribution in [2.75, 3.05) is 23.8 Å². The van der Waals surface area contributed by atoms with Crippen LogP contribution in [0.4, 0.5) is 9.52 Å². The molecular weight excluding hydrogens is 636 g/mol. The number of hydrogen-bond donors (Lipinski definition) is 2. The van der Waals surface area contributed by atoms with E-state index in [0.717, 1.165) is 47.5 Å². The first-order chi connectivity index (χ1) is 22.4. The smallest absolute Gasteiger partial charge is 0.235 e. The van der Waals surface area contributed by atoms with E-state index < -0.39 is 22.4 Å². The summed E-state index contributed by atoms with van der Waals surface area (Å²) in [6.45, 7) is 12.0. The lowest BCUT2D eigenvalue weighted by molar-refractivity contribution is 0.319. The van der Waals surface area contributed by atoms with Crippen LogP contribution in [0.2, 0.25) is 0 Å². The van der Waals surface area contributed by atoms with Gasteiger partial charge in [-0.1, -0.05) is 36.0 Å². The molecule has 248 valence electrons. The molecule has 0 amide bonds. The number of aliphatic hydroxyl groups is 1. The van der Waals surface area contributed by atoms with Crippen molar-refractivity contribution in [3.05, 3.63) is 105 Å². The molecule has 1 aromatic heterocycles. The van der Waals surface area contributed by atoms with E-state index in [-0.39, 0.29) is 11.7 Å². The second kappa shape index (κ2) is 15.5. The van der Waals surface area contributed by atoms with E-state index in [1.807, 2.05) is 26.0 Å². The SMILES string of the molecule is CCC1=C(N(CC)c2nc(-c3ccc(F)cc3)c(C#N)s2)N2C=C(/C(C=C(C)C)=C/N=C(\C)NS(=O)(=O)CCO)C=CC2=C(C)CC1. The van der Waals surface area contributed by atoms with Gasteiger partial charge in [0.2, 0.25) is 10.0 Å². The lowest BCUT2D eigenvalue weighted by atomic mass is 10.0. The van der Waals surface area contributed by atoms with Gasteiger partial charge in [0.1, 0.15) is 34.1 Å². The molecule has 2 aliphatic heterocycles. The standard InChI is InChI=1S/C35H41FN6O3S2/c1-7-26-10-9-24(5)31-16-13-28(29(19-23(3)4)21-38-25(6)40-47(44,45)18-17-43)22-42(31)34(26)41(8-2)35-39-33(32(20-37)46-35)27-11-14-30(36)15-12-27/h11-16,19,21-22,43H,7-10,17-18H2,1-6H3,(H,38,40)/b29-21+. The summed E-state index contributed by atoms with van der Waals surface area (Å²) in [6.07, 6.45) is 12.4. The number of thiazole rings is 1. The molecule has 1 aromatic carbocycles. The van der Waals surface area contributed by atoms with Gasteiger partial charge >= 0.3 is 0 Å². The van der Waals surface area contributed by atoms with Crippen molar-refractivity contribution in [3.8, 4) is 17.3 Å². The Morgan fingerprint density at radius 2 is 1.94 bits per heavy atom. The van der Waals surface area contributed by atoms with Crippen LogP contribution >= 0.6 is 11.3 Å². The van der Waals surface area contributed by atoms with Gasteiger partial charge in [0.05, 0.1) is 12.4 Å². The van der Waals surface area contributed by atoms with Gasteiger partial charge in [-0.15, -0.1) is 0 Å². The molecule has 2 aromatic rings. The Bertz CT molecular complexity index is 1870. The van der Waals surface area contributed by atoms with Gasteiger partial charge in [0.25, 0.3) is 0 Å². The van der Waals surface area contributed by atoms with E-state index in [9.17, 15) is 18.1 Å². The number of hydrogen-bond acceptors (Lipinski definition) is 9. The number of amidine groups is 1. The van der Waals surface area contributed by atoms with Crippen LogP contribution in [0.1, 0.15) is 65.7 Å². The van der Waals surface area contributed by atoms with Gasteiger partial charge in [0, 0.05) is 35.8 Å². The van der Waals surface area contributed by atoms with Crippen molar-refractivity contribution in [2.45, 2.75) is 60.8 Å². The number of rotatable bonds is 11. The Hall–Kier alpha value is -4.31. The van der Waals surface area contributed by atoms with E-state index in [4.69, 9.17) is 10.1 Å². The maximum Gasteiger partial charge on any atom is 0.235 e. The lowest BCUT2D eigenvalue weighted by Gasteiger charge is -2.36. The molecule has 47 heavy (non-hydrogen) atoms. The summed E-state index contributed by atoms with van der Waals surface area (Å²) in [6, 6.07) is 8.31. The Morgan fingerprint density at radius 1 is 1.21 bits per heavy atom. The molecule has 2 N–H and O–H groups in total. The molecule has 0 unspecified atom stereocenters. The van der Waals surface area contributed by atoms with Crippen LogP contribution in [0.5, 0.6) is 0 Å². The quantitative estimate of drug-likeness (QED) is 0.146. The molecular formula is C35H41FN6O3S2. The summed E-state index contributed by atoms with van der Waals surface area (Å²) in [5.74, 6) is 0.394. The average Bonchev–Trinajstić information content (AvgIpc) is 3.40. The number of nitriles is 1. The monoisotopic (exact) mass is 676 g/mol. The second-order valence-corrected chi connectivity index (χ2v) is 14.3. The van der Waals surface area contributed by atoms with Gasteiger partial charge in [-0.2, -0.15) is 5.26 Å². The Labute approximate surface area is 281 Å². The average molecular weight is 677 g/mol. The number of fused-ring (bicyclic) bond motifs is 1. The van der Waals surface area contributed by atoms with Crippen molar-refractivity contribution >= 4 is 32.3 Å². The number of nitrogens with zero attached hydrogens (tertiary/aromatic N) is 5. The van der Waals surface area contributed by atoms with Crippen LogP contribution in [-0.4, -0.2) is 48.1 Å². The molecule has 12 heteroatoms. The van der Waals surface area contributed by atoms with Crippen molar-refractivity contribution in [2.24, 2.45) is 4.99 Å². The summed E-state index contributed by atoms with van der Waals surface area (Å²) in [5, 5.41) is 19.8. The second-order valence-electron chi connectivity index (χ2n) is 11.4. The highest BCUT2D eigenvalue weighted by Crippen LogP contribution is 2.41. The zero-order chi connectivity index (χ0) is 34.3. The summed E-state index contributed by atoms with van der Waals surface area (Å²) in [4.78, 5) is 14.1. The zero-order valence-corrected chi connectivity index (χ0v) is 29.3. The first-order valence-electron chi connectivity index (χ1n) is 15.5. The summed E-state index contributed by atoms with van der Waals surface area (Å²) >= 11 is 1.31. The minimum absolute atomic E-state index is 0.185. The maximum absolute atomic E-state index is 13.7. The lowest BCUT2D eigenvalue weighted by Crippen LogP contribution is -2.34. The van der Waals surface area contributed by atoms with Crippen LogP contribution in [-0.2, 0) is 10.0 Å². The molecule has 0 radical (unpaired) electrons. The number of halogens is 1. The third-order valence-corrected chi connectivity index (χ3v) is 9.94. The Morgan fingerprint density at radius 3 is 2.55 bits per heavy atom. The predicted molar refractivity (Wildman–Crippen MR) is 188 cm³/mol. The van der Waals surface area contributed by atoms with E-state index in [1.165, 1.54) is 34.6 Å². The first-order valence-corrected chi connectivity index (χ1v) is 17.9. The van der Waals surface area contributed by atoms with E-state index in [2.05, 4.69) is 58.6 Å². The fraction of sp³-hybridized carbons (Fsp3) is 0.343. The molecule has 0 fully saturated rings. The highest BCUT2D eigenvalue weighted by Gasteiger charge is 2.30. The van der Waals surface area contributed by atoms with Crippen LogP contribution in [0.25, 0.3) is 11.3 Å². The van der Waals surface area contributed by atoms with Crippen LogP contribution in [0.3, 0.4) is 0 Å². The molecule has 0 aliphatic carbocycles. The number of aliphatic imine (C=N–C) groups is 1. The number of allylic oxidation sites excluding steroid dienone is 8. The zero-order valence-electron chi connectivity index (χ0n) is 27.6. The molecule has 0 saturated heterocycles. The van der Waals surface area contributed by atoms with E-state index >= 15 is 0 Å². The third-order valence-electron chi connectivity index (χ3n) is 7.63. The molecule has 4 rings (SSSR count). The number of anilines is 1. The summed E-state index contributed by atoms with van der Waals surface area (Å²) in [5.41, 5.74) is 7.41. The van der Waals surface area contributed by atoms with Gasteiger partial charge < -0.3 is 14.9 Å². The molecule has 3 heterocycles.